The molecule has 11 heteroatoms. The zero-order chi connectivity index (χ0) is 32.0. The molecule has 0 spiro atoms. The van der Waals surface area contributed by atoms with Gasteiger partial charge in [-0.15, -0.1) is 0 Å². The Morgan fingerprint density at radius 2 is 1.62 bits per heavy atom. The Morgan fingerprint density at radius 1 is 0.911 bits per heavy atom. The van der Waals surface area contributed by atoms with Crippen LogP contribution >= 0.6 is 11.6 Å². The number of esters is 1. The quantitative estimate of drug-likeness (QED) is 0.0977. The Hall–Kier alpha value is -4.54. The lowest BCUT2D eigenvalue weighted by Gasteiger charge is -2.23. The topological polar surface area (TPSA) is 100.0 Å². The third kappa shape index (κ3) is 7.08. The van der Waals surface area contributed by atoms with Gasteiger partial charge in [0.25, 0.3) is 10.0 Å². The average molecular weight is 648 g/mol. The fourth-order valence-corrected chi connectivity index (χ4v) is 6.28. The molecule has 5 aromatic rings. The first-order valence-corrected chi connectivity index (χ1v) is 16.2. The number of carbonyl (C=O) groups is 1. The maximum absolute atomic E-state index is 13.8. The van der Waals surface area contributed by atoms with Crippen molar-refractivity contribution < 1.29 is 27.4 Å². The summed E-state index contributed by atoms with van der Waals surface area (Å²) in [7, 11) is 0.511. The molecule has 0 aliphatic rings. The number of benzene rings is 4. The predicted molar refractivity (Wildman–Crippen MR) is 176 cm³/mol. The molecule has 0 saturated carbocycles. The van der Waals surface area contributed by atoms with Crippen molar-refractivity contribution in [2.75, 3.05) is 32.2 Å². The first kappa shape index (κ1) is 31.9. The van der Waals surface area contributed by atoms with Crippen molar-refractivity contribution in [1.29, 1.82) is 0 Å². The fraction of sp³-hybridized carbons (Fsp3) is 0.235. The van der Waals surface area contributed by atoms with Crippen LogP contribution in [-0.4, -0.2) is 51.8 Å². The van der Waals surface area contributed by atoms with E-state index in [1.54, 1.807) is 25.3 Å². The van der Waals surface area contributed by atoms with Gasteiger partial charge in [-0.25, -0.2) is 13.4 Å². The van der Waals surface area contributed by atoms with Gasteiger partial charge >= 0.3 is 5.97 Å². The SMILES string of the molecule is COC(=O)CCCCCOc1cc2c(cc1N(C)S(=O)(=O)c1ccc(Cl)cc1)nc(-c1ccccc1)n2-c1ccc(OC)cc1. The molecule has 0 aliphatic heterocycles. The molecule has 0 unspecified atom stereocenters. The van der Waals surface area contributed by atoms with E-state index in [0.717, 1.165) is 28.9 Å². The fourth-order valence-electron chi connectivity index (χ4n) is 4.96. The van der Waals surface area contributed by atoms with Crippen LogP contribution in [-0.2, 0) is 19.6 Å². The number of hydrogen-bond donors (Lipinski definition) is 0. The second kappa shape index (κ2) is 14.0. The molecule has 5 rings (SSSR count). The Kier molecular flexibility index (Phi) is 9.95. The molecule has 45 heavy (non-hydrogen) atoms. The Morgan fingerprint density at radius 3 is 2.29 bits per heavy atom. The van der Waals surface area contributed by atoms with Crippen LogP contribution in [0.3, 0.4) is 0 Å². The summed E-state index contributed by atoms with van der Waals surface area (Å²) in [4.78, 5) is 16.6. The molecular weight excluding hydrogens is 614 g/mol. The number of methoxy groups -OCH3 is 2. The number of carbonyl (C=O) groups excluding carboxylic acids is 1. The van der Waals surface area contributed by atoms with Crippen molar-refractivity contribution in [3.05, 3.63) is 96.0 Å². The predicted octanol–water partition coefficient (Wildman–Crippen LogP) is 7.29. The van der Waals surface area contributed by atoms with Crippen molar-refractivity contribution in [3.8, 4) is 28.6 Å². The summed E-state index contributed by atoms with van der Waals surface area (Å²) in [6.07, 6.45) is 2.40. The average Bonchev–Trinajstić information content (AvgIpc) is 3.44. The number of imidazole rings is 1. The third-order valence-electron chi connectivity index (χ3n) is 7.42. The summed E-state index contributed by atoms with van der Waals surface area (Å²) >= 11 is 6.03. The van der Waals surface area contributed by atoms with Crippen LogP contribution in [0.2, 0.25) is 5.02 Å². The van der Waals surface area contributed by atoms with Gasteiger partial charge in [0, 0.05) is 35.8 Å². The molecule has 0 amide bonds. The highest BCUT2D eigenvalue weighted by Gasteiger charge is 2.26. The molecule has 0 bridgehead atoms. The van der Waals surface area contributed by atoms with E-state index in [0.29, 0.717) is 53.7 Å². The molecule has 0 atom stereocenters. The van der Waals surface area contributed by atoms with Crippen LogP contribution in [0.5, 0.6) is 11.5 Å². The number of sulfonamides is 1. The summed E-state index contributed by atoms with van der Waals surface area (Å²) in [6.45, 7) is 0.316. The number of fused-ring (bicyclic) bond motifs is 1. The minimum atomic E-state index is -3.97. The Labute approximate surface area is 268 Å². The molecule has 0 aliphatic carbocycles. The number of rotatable bonds is 13. The van der Waals surface area contributed by atoms with E-state index < -0.39 is 10.0 Å². The highest BCUT2D eigenvalue weighted by molar-refractivity contribution is 7.92. The molecule has 234 valence electrons. The largest absolute Gasteiger partial charge is 0.497 e. The van der Waals surface area contributed by atoms with E-state index >= 15 is 0 Å². The van der Waals surface area contributed by atoms with Gasteiger partial charge < -0.3 is 14.2 Å². The van der Waals surface area contributed by atoms with Gasteiger partial charge in [-0.3, -0.25) is 13.7 Å². The van der Waals surface area contributed by atoms with Crippen LogP contribution in [0.25, 0.3) is 28.1 Å². The van der Waals surface area contributed by atoms with Crippen LogP contribution in [0, 0.1) is 0 Å². The normalized spacial score (nSPS) is 11.4. The summed E-state index contributed by atoms with van der Waals surface area (Å²) in [5, 5.41) is 0.437. The number of aromatic nitrogens is 2. The van der Waals surface area contributed by atoms with E-state index in [1.807, 2.05) is 65.2 Å². The Balaban J connectivity index is 1.61. The number of hydrogen-bond acceptors (Lipinski definition) is 7. The standard InChI is InChI=1S/C34H34ClN3O6S/c1-37(45(40,41)28-19-13-25(35)14-20-28)31-22-29-30(23-32(31)44-21-9-5-8-12-33(39)43-3)38(26-15-17-27(42-2)18-16-26)34(36-29)24-10-6-4-7-11-24/h4,6-7,10-11,13-20,22-23H,5,8-9,12,21H2,1-3H3. The molecule has 4 aromatic carbocycles. The van der Waals surface area contributed by atoms with Gasteiger partial charge in [0.1, 0.15) is 17.3 Å². The van der Waals surface area contributed by atoms with Crippen LogP contribution in [0.4, 0.5) is 5.69 Å². The minimum Gasteiger partial charge on any atom is -0.497 e. The molecule has 0 N–H and O–H groups in total. The molecule has 0 saturated heterocycles. The Bertz CT molecular complexity index is 1880. The van der Waals surface area contributed by atoms with Crippen LogP contribution in [0.1, 0.15) is 25.7 Å². The first-order chi connectivity index (χ1) is 21.7. The zero-order valence-electron chi connectivity index (χ0n) is 25.3. The van der Waals surface area contributed by atoms with E-state index in [2.05, 4.69) is 0 Å². The first-order valence-electron chi connectivity index (χ1n) is 14.4. The summed E-state index contributed by atoms with van der Waals surface area (Å²) in [6, 6.07) is 27.0. The van der Waals surface area contributed by atoms with Crippen molar-refractivity contribution in [2.45, 2.75) is 30.6 Å². The number of anilines is 1. The molecule has 0 radical (unpaired) electrons. The van der Waals surface area contributed by atoms with Crippen LogP contribution < -0.4 is 13.8 Å². The highest BCUT2D eigenvalue weighted by Crippen LogP contribution is 2.39. The number of unbranched alkanes of at least 4 members (excludes halogenated alkanes) is 2. The second-order valence-corrected chi connectivity index (χ2v) is 12.7. The number of nitrogens with zero attached hydrogens (tertiary/aromatic N) is 3. The van der Waals surface area contributed by atoms with Gasteiger partial charge in [0.15, 0.2) is 0 Å². The number of halogens is 1. The van der Waals surface area contributed by atoms with E-state index in [1.165, 1.54) is 30.6 Å². The van der Waals surface area contributed by atoms with Gasteiger partial charge in [0.05, 0.1) is 42.4 Å². The van der Waals surface area contributed by atoms with Crippen molar-refractivity contribution >= 4 is 44.3 Å². The molecule has 1 aromatic heterocycles. The van der Waals surface area contributed by atoms with Gasteiger partial charge in [-0.05, 0) is 73.9 Å². The summed E-state index contributed by atoms with van der Waals surface area (Å²) in [5.74, 6) is 1.53. The number of ether oxygens (including phenoxy) is 3. The van der Waals surface area contributed by atoms with Crippen LogP contribution in [0.15, 0.2) is 95.9 Å². The summed E-state index contributed by atoms with van der Waals surface area (Å²) < 4.78 is 47.1. The maximum Gasteiger partial charge on any atom is 0.305 e. The molecular formula is C34H34ClN3O6S. The minimum absolute atomic E-state index is 0.0944. The zero-order valence-corrected chi connectivity index (χ0v) is 26.8. The highest BCUT2D eigenvalue weighted by atomic mass is 35.5. The molecule has 9 nitrogen and oxygen atoms in total. The lowest BCUT2D eigenvalue weighted by Crippen LogP contribution is -2.27. The lowest BCUT2D eigenvalue weighted by atomic mass is 10.2. The van der Waals surface area contributed by atoms with Gasteiger partial charge in [-0.2, -0.15) is 0 Å². The van der Waals surface area contributed by atoms with Crippen molar-refractivity contribution in [1.82, 2.24) is 9.55 Å². The van der Waals surface area contributed by atoms with E-state index in [4.69, 9.17) is 30.8 Å². The van der Waals surface area contributed by atoms with Crippen molar-refractivity contribution in [2.24, 2.45) is 0 Å². The molecule has 0 fully saturated rings. The third-order valence-corrected chi connectivity index (χ3v) is 9.46. The molecule has 1 heterocycles. The van der Waals surface area contributed by atoms with Gasteiger partial charge in [-0.1, -0.05) is 41.9 Å². The second-order valence-electron chi connectivity index (χ2n) is 10.3. The lowest BCUT2D eigenvalue weighted by molar-refractivity contribution is -0.140. The van der Waals surface area contributed by atoms with Crippen molar-refractivity contribution in [3.63, 3.8) is 0 Å². The summed E-state index contributed by atoms with van der Waals surface area (Å²) in [5.41, 5.74) is 3.40. The van der Waals surface area contributed by atoms with E-state index in [9.17, 15) is 13.2 Å². The van der Waals surface area contributed by atoms with E-state index in [-0.39, 0.29) is 10.9 Å². The monoisotopic (exact) mass is 647 g/mol. The maximum atomic E-state index is 13.8. The smallest absolute Gasteiger partial charge is 0.305 e. The van der Waals surface area contributed by atoms with Gasteiger partial charge in [0.2, 0.25) is 0 Å².